The third kappa shape index (κ3) is 2.99. The minimum absolute atomic E-state index is 0.979. The Morgan fingerprint density at radius 1 is 1.12 bits per heavy atom. The highest BCUT2D eigenvalue weighted by atomic mass is 14.9. The Bertz CT molecular complexity index is 435. The van der Waals surface area contributed by atoms with Crippen molar-refractivity contribution in [2.75, 3.05) is 5.32 Å². The molecule has 1 nitrogen and oxygen atoms in total. The number of benzene rings is 1. The summed E-state index contributed by atoms with van der Waals surface area (Å²) in [6.45, 7) is 14.6. The molecule has 0 aliphatic rings. The molecule has 0 saturated carbocycles. The van der Waals surface area contributed by atoms with Gasteiger partial charge in [0.1, 0.15) is 0 Å². The number of rotatable bonds is 3. The zero-order chi connectivity index (χ0) is 12.3. The van der Waals surface area contributed by atoms with E-state index in [2.05, 4.69) is 64.7 Å². The number of hydrogen-bond donors (Lipinski definition) is 1. The number of anilines is 1. The van der Waals surface area contributed by atoms with E-state index in [1.165, 1.54) is 22.3 Å². The van der Waals surface area contributed by atoms with Crippen molar-refractivity contribution in [2.45, 2.75) is 34.6 Å². The molecule has 1 rings (SSSR count). The van der Waals surface area contributed by atoms with Gasteiger partial charge in [-0.3, -0.25) is 0 Å². The Morgan fingerprint density at radius 2 is 1.75 bits per heavy atom. The summed E-state index contributed by atoms with van der Waals surface area (Å²) < 4.78 is 0. The first kappa shape index (κ1) is 12.6. The predicted octanol–water partition coefficient (Wildman–Crippen LogP) is 4.59. The van der Waals surface area contributed by atoms with Gasteiger partial charge in [0.25, 0.3) is 0 Å². The first-order valence-electron chi connectivity index (χ1n) is 5.59. The van der Waals surface area contributed by atoms with E-state index in [-0.39, 0.29) is 0 Å². The molecule has 0 aromatic heterocycles. The van der Waals surface area contributed by atoms with Gasteiger partial charge in [-0.1, -0.05) is 29.8 Å². The molecule has 86 valence electrons. The Balaban J connectivity index is 2.90. The van der Waals surface area contributed by atoms with E-state index in [9.17, 15) is 0 Å². The Labute approximate surface area is 98.9 Å². The molecule has 16 heavy (non-hydrogen) atoms. The molecule has 0 unspecified atom stereocenters. The number of aryl methyl sites for hydroxylation is 2. The van der Waals surface area contributed by atoms with Crippen LogP contribution in [0.3, 0.4) is 0 Å². The first-order chi connectivity index (χ1) is 7.41. The molecule has 0 heterocycles. The fraction of sp³-hybridized carbons (Fsp3) is 0.333. The van der Waals surface area contributed by atoms with Gasteiger partial charge < -0.3 is 5.32 Å². The van der Waals surface area contributed by atoms with Crippen LogP contribution in [0.2, 0.25) is 0 Å². The van der Waals surface area contributed by atoms with Crippen molar-refractivity contribution in [3.05, 3.63) is 52.7 Å². The van der Waals surface area contributed by atoms with E-state index in [0.29, 0.717) is 0 Å². The Hall–Kier alpha value is -1.50. The SMILES string of the molecule is C=C(Nc1ccc(C)cc1C)C(C)=C(C)C. The highest BCUT2D eigenvalue weighted by Gasteiger charge is 2.02. The van der Waals surface area contributed by atoms with Gasteiger partial charge in [-0.15, -0.1) is 0 Å². The highest BCUT2D eigenvalue weighted by Crippen LogP contribution is 2.20. The zero-order valence-corrected chi connectivity index (χ0v) is 10.9. The van der Waals surface area contributed by atoms with E-state index < -0.39 is 0 Å². The summed E-state index contributed by atoms with van der Waals surface area (Å²) in [7, 11) is 0. The van der Waals surface area contributed by atoms with E-state index in [0.717, 1.165) is 11.4 Å². The lowest BCUT2D eigenvalue weighted by Gasteiger charge is -2.14. The molecule has 1 heteroatoms. The van der Waals surface area contributed by atoms with Crippen LogP contribution in [0.25, 0.3) is 0 Å². The normalized spacial score (nSPS) is 9.81. The second-order valence-corrected chi connectivity index (χ2v) is 4.55. The molecule has 0 spiro atoms. The van der Waals surface area contributed by atoms with Crippen molar-refractivity contribution in [3.63, 3.8) is 0 Å². The second-order valence-electron chi connectivity index (χ2n) is 4.55. The molecule has 0 saturated heterocycles. The van der Waals surface area contributed by atoms with Crippen LogP contribution in [-0.4, -0.2) is 0 Å². The van der Waals surface area contributed by atoms with Crippen LogP contribution in [0.1, 0.15) is 31.9 Å². The van der Waals surface area contributed by atoms with Crippen molar-refractivity contribution < 1.29 is 0 Å². The lowest BCUT2D eigenvalue weighted by atomic mass is 10.1. The van der Waals surface area contributed by atoms with Gasteiger partial charge >= 0.3 is 0 Å². The smallest absolute Gasteiger partial charge is 0.0414 e. The molecular weight excluding hydrogens is 194 g/mol. The standard InChI is InChI=1S/C15H21N/c1-10(2)13(5)14(6)16-15-8-7-11(3)9-12(15)4/h7-9,16H,6H2,1-5H3. The van der Waals surface area contributed by atoms with E-state index in [1.54, 1.807) is 0 Å². The Kier molecular flexibility index (Phi) is 3.94. The van der Waals surface area contributed by atoms with Crippen LogP contribution >= 0.6 is 0 Å². The van der Waals surface area contributed by atoms with Crippen LogP contribution in [0.4, 0.5) is 5.69 Å². The third-order valence-corrected chi connectivity index (χ3v) is 2.87. The predicted molar refractivity (Wildman–Crippen MR) is 72.7 cm³/mol. The zero-order valence-electron chi connectivity index (χ0n) is 10.9. The number of allylic oxidation sites excluding steroid dienone is 2. The number of nitrogens with one attached hydrogen (secondary N) is 1. The van der Waals surface area contributed by atoms with Crippen LogP contribution in [0, 0.1) is 13.8 Å². The van der Waals surface area contributed by atoms with Crippen LogP contribution in [0.5, 0.6) is 0 Å². The van der Waals surface area contributed by atoms with Crippen molar-refractivity contribution in [3.8, 4) is 0 Å². The van der Waals surface area contributed by atoms with Gasteiger partial charge in [0.05, 0.1) is 0 Å². The first-order valence-corrected chi connectivity index (χ1v) is 5.59. The lowest BCUT2D eigenvalue weighted by Crippen LogP contribution is -2.02. The van der Waals surface area contributed by atoms with E-state index in [4.69, 9.17) is 0 Å². The summed E-state index contributed by atoms with van der Waals surface area (Å²) in [5.41, 5.74) is 7.17. The molecule has 1 N–H and O–H groups in total. The summed E-state index contributed by atoms with van der Waals surface area (Å²) in [5, 5.41) is 3.37. The van der Waals surface area contributed by atoms with Gasteiger partial charge in [-0.05, 0) is 51.8 Å². The summed E-state index contributed by atoms with van der Waals surface area (Å²) in [4.78, 5) is 0. The van der Waals surface area contributed by atoms with Gasteiger partial charge in [0, 0.05) is 11.4 Å². The maximum absolute atomic E-state index is 4.07. The van der Waals surface area contributed by atoms with Gasteiger partial charge in [0.2, 0.25) is 0 Å². The monoisotopic (exact) mass is 215 g/mol. The molecule has 1 aromatic rings. The van der Waals surface area contributed by atoms with Crippen molar-refractivity contribution in [1.29, 1.82) is 0 Å². The Morgan fingerprint density at radius 3 is 2.25 bits per heavy atom. The molecule has 0 aliphatic carbocycles. The third-order valence-electron chi connectivity index (χ3n) is 2.87. The van der Waals surface area contributed by atoms with E-state index in [1.807, 2.05) is 0 Å². The number of hydrogen-bond acceptors (Lipinski definition) is 1. The summed E-state index contributed by atoms with van der Waals surface area (Å²) in [6, 6.07) is 6.39. The lowest BCUT2D eigenvalue weighted by molar-refractivity contribution is 1.23. The summed E-state index contributed by atoms with van der Waals surface area (Å²) in [6.07, 6.45) is 0. The van der Waals surface area contributed by atoms with Gasteiger partial charge in [-0.2, -0.15) is 0 Å². The molecule has 0 radical (unpaired) electrons. The quantitative estimate of drug-likeness (QED) is 0.727. The molecule has 1 aromatic carbocycles. The van der Waals surface area contributed by atoms with Crippen molar-refractivity contribution >= 4 is 5.69 Å². The molecule has 0 bridgehead atoms. The highest BCUT2D eigenvalue weighted by molar-refractivity contribution is 5.58. The fourth-order valence-corrected chi connectivity index (χ4v) is 1.51. The van der Waals surface area contributed by atoms with E-state index >= 15 is 0 Å². The molecule has 0 amide bonds. The minimum Gasteiger partial charge on any atom is -0.356 e. The van der Waals surface area contributed by atoms with Gasteiger partial charge in [0.15, 0.2) is 0 Å². The minimum atomic E-state index is 0.979. The largest absolute Gasteiger partial charge is 0.356 e. The fourth-order valence-electron chi connectivity index (χ4n) is 1.51. The second kappa shape index (κ2) is 5.02. The topological polar surface area (TPSA) is 12.0 Å². The molecule has 0 aliphatic heterocycles. The summed E-state index contributed by atoms with van der Waals surface area (Å²) >= 11 is 0. The van der Waals surface area contributed by atoms with Crippen molar-refractivity contribution in [1.82, 2.24) is 0 Å². The maximum Gasteiger partial charge on any atom is 0.0414 e. The maximum atomic E-state index is 4.07. The average molecular weight is 215 g/mol. The van der Waals surface area contributed by atoms with Crippen LogP contribution < -0.4 is 5.32 Å². The molecule has 0 atom stereocenters. The van der Waals surface area contributed by atoms with Crippen molar-refractivity contribution in [2.24, 2.45) is 0 Å². The molecular formula is C15H21N. The average Bonchev–Trinajstić information content (AvgIpc) is 2.20. The van der Waals surface area contributed by atoms with Gasteiger partial charge in [-0.25, -0.2) is 0 Å². The van der Waals surface area contributed by atoms with Crippen LogP contribution in [-0.2, 0) is 0 Å². The molecule has 0 fully saturated rings. The van der Waals surface area contributed by atoms with Crippen LogP contribution in [0.15, 0.2) is 41.6 Å². The summed E-state index contributed by atoms with van der Waals surface area (Å²) in [5.74, 6) is 0.